The molecule has 1 atom stereocenters. The van der Waals surface area contributed by atoms with Crippen LogP contribution in [0.3, 0.4) is 0 Å². The number of aryl methyl sites for hydroxylation is 1. The first-order valence-corrected chi connectivity index (χ1v) is 10.7. The molecule has 1 N–H and O–H groups in total. The van der Waals surface area contributed by atoms with Crippen LogP contribution in [0.25, 0.3) is 11.3 Å². The first-order valence-electron chi connectivity index (χ1n) is 10.7. The zero-order chi connectivity index (χ0) is 21.5. The van der Waals surface area contributed by atoms with Crippen LogP contribution in [0, 0.1) is 12.8 Å². The second-order valence-corrected chi connectivity index (χ2v) is 7.55. The van der Waals surface area contributed by atoms with Crippen LogP contribution < -0.4 is 5.32 Å². The molecule has 158 valence electrons. The van der Waals surface area contributed by atoms with E-state index >= 15 is 0 Å². The third-order valence-corrected chi connectivity index (χ3v) is 5.52. The smallest absolute Gasteiger partial charge is 0.257 e. The molecule has 1 heterocycles. The van der Waals surface area contributed by atoms with Crippen molar-refractivity contribution >= 4 is 11.8 Å². The number of carbonyl (C=O) groups excluding carboxylic acids is 2. The summed E-state index contributed by atoms with van der Waals surface area (Å²) in [6, 6.07) is 7.84. The van der Waals surface area contributed by atoms with Gasteiger partial charge in [0.15, 0.2) is 0 Å². The van der Waals surface area contributed by atoms with Gasteiger partial charge in [-0.25, -0.2) is 9.97 Å². The Morgan fingerprint density at radius 1 is 1.13 bits per heavy atom. The van der Waals surface area contributed by atoms with Crippen molar-refractivity contribution in [1.29, 1.82) is 0 Å². The minimum Gasteiger partial charge on any atom is -0.352 e. The molecule has 0 radical (unpaired) electrons. The first-order chi connectivity index (χ1) is 14.5. The highest BCUT2D eigenvalue weighted by Crippen LogP contribution is 2.23. The molecule has 2 amide bonds. The van der Waals surface area contributed by atoms with Crippen molar-refractivity contribution in [2.75, 3.05) is 13.1 Å². The number of aromatic nitrogens is 2. The molecular weight excluding hydrogens is 376 g/mol. The molecule has 1 unspecified atom stereocenters. The van der Waals surface area contributed by atoms with Crippen LogP contribution >= 0.6 is 0 Å². The van der Waals surface area contributed by atoms with Crippen LogP contribution in [-0.4, -0.2) is 39.8 Å². The zero-order valence-corrected chi connectivity index (χ0v) is 18.0. The van der Waals surface area contributed by atoms with Crippen molar-refractivity contribution in [3.8, 4) is 11.3 Å². The Bertz CT molecular complexity index is 917. The van der Waals surface area contributed by atoms with Crippen LogP contribution in [-0.2, 0) is 11.3 Å². The topological polar surface area (TPSA) is 75.2 Å². The largest absolute Gasteiger partial charge is 0.352 e. The van der Waals surface area contributed by atoms with Gasteiger partial charge in [-0.05, 0) is 45.6 Å². The van der Waals surface area contributed by atoms with Crippen LogP contribution in [0.15, 0.2) is 42.6 Å². The van der Waals surface area contributed by atoms with Crippen LogP contribution in [0.4, 0.5) is 0 Å². The highest BCUT2D eigenvalue weighted by molar-refractivity contribution is 5.99. The molecule has 2 aromatic rings. The van der Waals surface area contributed by atoms with Gasteiger partial charge in [-0.15, -0.1) is 0 Å². The summed E-state index contributed by atoms with van der Waals surface area (Å²) in [4.78, 5) is 35.8. The molecule has 0 spiro atoms. The average Bonchev–Trinajstić information content (AvgIpc) is 2.79. The molecule has 0 fully saturated rings. The van der Waals surface area contributed by atoms with Gasteiger partial charge >= 0.3 is 0 Å². The van der Waals surface area contributed by atoms with Crippen molar-refractivity contribution in [2.24, 2.45) is 5.92 Å². The van der Waals surface area contributed by atoms with Gasteiger partial charge in [-0.1, -0.05) is 36.4 Å². The lowest BCUT2D eigenvalue weighted by Gasteiger charge is -2.20. The Morgan fingerprint density at radius 3 is 2.50 bits per heavy atom. The molecule has 6 heteroatoms. The van der Waals surface area contributed by atoms with Gasteiger partial charge in [0, 0.05) is 37.3 Å². The van der Waals surface area contributed by atoms with Crippen molar-refractivity contribution in [1.82, 2.24) is 20.2 Å². The van der Waals surface area contributed by atoms with Gasteiger partial charge in [0.05, 0.1) is 11.3 Å². The van der Waals surface area contributed by atoms with Crippen molar-refractivity contribution in [3.63, 3.8) is 0 Å². The Hall–Kier alpha value is -3.02. The lowest BCUT2D eigenvalue weighted by molar-refractivity contribution is -0.125. The maximum Gasteiger partial charge on any atom is 0.257 e. The lowest BCUT2D eigenvalue weighted by Crippen LogP contribution is -2.31. The van der Waals surface area contributed by atoms with Gasteiger partial charge in [-0.3, -0.25) is 9.59 Å². The molecule has 0 bridgehead atoms. The molecule has 6 nitrogen and oxygen atoms in total. The molecule has 3 rings (SSSR count). The summed E-state index contributed by atoms with van der Waals surface area (Å²) in [6.07, 6.45) is 8.55. The Labute approximate surface area is 178 Å². The number of carbonyl (C=O) groups is 2. The van der Waals surface area contributed by atoms with E-state index in [1.165, 1.54) is 0 Å². The lowest BCUT2D eigenvalue weighted by atomic mass is 9.93. The molecule has 0 saturated heterocycles. The van der Waals surface area contributed by atoms with Gasteiger partial charge in [0.1, 0.15) is 5.82 Å². The molecule has 1 aromatic carbocycles. The summed E-state index contributed by atoms with van der Waals surface area (Å²) in [5.41, 5.74) is 3.03. The van der Waals surface area contributed by atoms with E-state index in [1.54, 1.807) is 11.1 Å². The predicted octanol–water partition coefficient (Wildman–Crippen LogP) is 3.91. The Kier molecular flexibility index (Phi) is 7.33. The van der Waals surface area contributed by atoms with E-state index < -0.39 is 0 Å². The monoisotopic (exact) mass is 406 g/mol. The molecule has 0 aliphatic heterocycles. The summed E-state index contributed by atoms with van der Waals surface area (Å²) in [5.74, 6) is 0.751. The van der Waals surface area contributed by atoms with E-state index in [4.69, 9.17) is 0 Å². The third-order valence-electron chi connectivity index (χ3n) is 5.52. The predicted molar refractivity (Wildman–Crippen MR) is 118 cm³/mol. The number of rotatable bonds is 7. The number of benzene rings is 1. The summed E-state index contributed by atoms with van der Waals surface area (Å²) < 4.78 is 0. The summed E-state index contributed by atoms with van der Waals surface area (Å²) in [6.45, 7) is 7.51. The zero-order valence-electron chi connectivity index (χ0n) is 18.0. The molecular formula is C24H30N4O2. The van der Waals surface area contributed by atoms with Crippen molar-refractivity contribution in [3.05, 3.63) is 59.6 Å². The molecule has 0 saturated carbocycles. The maximum absolute atomic E-state index is 12.9. The summed E-state index contributed by atoms with van der Waals surface area (Å²) in [5, 5.41) is 3.04. The fraction of sp³-hybridized carbons (Fsp3) is 0.417. The van der Waals surface area contributed by atoms with Crippen LogP contribution in [0.1, 0.15) is 54.9 Å². The van der Waals surface area contributed by atoms with E-state index in [0.717, 1.165) is 30.4 Å². The second kappa shape index (κ2) is 10.1. The van der Waals surface area contributed by atoms with E-state index in [0.29, 0.717) is 36.7 Å². The van der Waals surface area contributed by atoms with E-state index in [-0.39, 0.29) is 17.7 Å². The van der Waals surface area contributed by atoms with Crippen LogP contribution in [0.2, 0.25) is 0 Å². The Morgan fingerprint density at radius 2 is 1.87 bits per heavy atom. The fourth-order valence-electron chi connectivity index (χ4n) is 3.67. The van der Waals surface area contributed by atoms with Crippen molar-refractivity contribution < 1.29 is 9.59 Å². The number of hydrogen-bond donors (Lipinski definition) is 1. The Balaban J connectivity index is 1.74. The van der Waals surface area contributed by atoms with Gasteiger partial charge in [0.25, 0.3) is 5.91 Å². The van der Waals surface area contributed by atoms with Gasteiger partial charge in [-0.2, -0.15) is 0 Å². The number of hydrogen-bond acceptors (Lipinski definition) is 4. The summed E-state index contributed by atoms with van der Waals surface area (Å²) >= 11 is 0. The number of nitrogens with zero attached hydrogens (tertiary/aromatic N) is 3. The number of allylic oxidation sites excluding steroid dienone is 2. The average molecular weight is 407 g/mol. The van der Waals surface area contributed by atoms with Crippen molar-refractivity contribution in [2.45, 2.75) is 46.6 Å². The first kappa shape index (κ1) is 21.7. The standard InChI is InChI=1S/C24H30N4O2/c1-4-28(5-2)24(30)21-16-25-17(3)27-22(21)19-13-11-18(12-14-19)15-26-23(29)20-9-7-6-8-10-20/h6-7,11-14,16,20H,4-5,8-10,15H2,1-3H3,(H,26,29). The molecule has 1 aliphatic rings. The number of amides is 2. The summed E-state index contributed by atoms with van der Waals surface area (Å²) in [7, 11) is 0. The SMILES string of the molecule is CCN(CC)C(=O)c1cnc(C)nc1-c1ccc(CNC(=O)C2CC=CCC2)cc1. The van der Waals surface area contributed by atoms with Crippen LogP contribution in [0.5, 0.6) is 0 Å². The molecule has 1 aliphatic carbocycles. The van der Waals surface area contributed by atoms with E-state index in [2.05, 4.69) is 27.4 Å². The van der Waals surface area contributed by atoms with Gasteiger partial charge < -0.3 is 10.2 Å². The van der Waals surface area contributed by atoms with E-state index in [1.807, 2.05) is 45.0 Å². The highest BCUT2D eigenvalue weighted by Gasteiger charge is 2.20. The fourth-order valence-corrected chi connectivity index (χ4v) is 3.67. The highest BCUT2D eigenvalue weighted by atomic mass is 16.2. The van der Waals surface area contributed by atoms with Gasteiger partial charge in [0.2, 0.25) is 5.91 Å². The minimum absolute atomic E-state index is 0.0622. The second-order valence-electron chi connectivity index (χ2n) is 7.55. The third kappa shape index (κ3) is 5.12. The number of nitrogens with one attached hydrogen (secondary N) is 1. The molecule has 30 heavy (non-hydrogen) atoms. The molecule has 1 aromatic heterocycles. The van der Waals surface area contributed by atoms with E-state index in [9.17, 15) is 9.59 Å². The quantitative estimate of drug-likeness (QED) is 0.708. The normalized spacial score (nSPS) is 15.6. The minimum atomic E-state index is -0.0622. The maximum atomic E-state index is 12.9.